The van der Waals surface area contributed by atoms with E-state index in [0.717, 1.165) is 11.1 Å². The van der Waals surface area contributed by atoms with E-state index in [9.17, 15) is 14.9 Å². The van der Waals surface area contributed by atoms with Crippen LogP contribution < -0.4 is 4.74 Å². The standard InChI is InChI=1S/C23H17NO6/c1-14-3-5-15(6-4-14)21-12-16(23(25)30-21)11-18-8-10-20(29-18)19-9-7-17(24(26)27)13-22(19)28-2/h3-13H,1-2H3/b16-11+. The smallest absolute Gasteiger partial charge is 0.343 e. The number of hydrogen-bond acceptors (Lipinski definition) is 6. The summed E-state index contributed by atoms with van der Waals surface area (Å²) in [7, 11) is 1.43. The van der Waals surface area contributed by atoms with Crippen molar-refractivity contribution in [3.8, 4) is 17.1 Å². The van der Waals surface area contributed by atoms with E-state index in [1.807, 2.05) is 31.2 Å². The number of aryl methyl sites for hydroxylation is 1. The topological polar surface area (TPSA) is 91.8 Å². The summed E-state index contributed by atoms with van der Waals surface area (Å²) in [6, 6.07) is 15.4. The third-order valence-corrected chi connectivity index (χ3v) is 4.65. The van der Waals surface area contributed by atoms with Crippen molar-refractivity contribution in [3.05, 3.63) is 93.2 Å². The number of methoxy groups -OCH3 is 1. The number of nitro benzene ring substituents is 1. The number of carbonyl (C=O) groups excluding carboxylic acids is 1. The van der Waals surface area contributed by atoms with E-state index < -0.39 is 10.9 Å². The van der Waals surface area contributed by atoms with E-state index >= 15 is 0 Å². The van der Waals surface area contributed by atoms with Gasteiger partial charge in [-0.15, -0.1) is 0 Å². The lowest BCUT2D eigenvalue weighted by molar-refractivity contribution is -0.384. The second-order valence-electron chi connectivity index (χ2n) is 6.71. The average molecular weight is 403 g/mol. The molecule has 150 valence electrons. The normalized spacial score (nSPS) is 14.5. The molecule has 1 aromatic heterocycles. The van der Waals surface area contributed by atoms with Crippen LogP contribution in [-0.2, 0) is 9.53 Å². The lowest BCUT2D eigenvalue weighted by atomic mass is 10.1. The average Bonchev–Trinajstić information content (AvgIpc) is 3.35. The Balaban J connectivity index is 1.63. The number of furan rings is 1. The number of carbonyl (C=O) groups is 1. The molecule has 0 fully saturated rings. The Hall–Kier alpha value is -4.13. The molecule has 0 unspecified atom stereocenters. The molecule has 0 amide bonds. The van der Waals surface area contributed by atoms with Gasteiger partial charge in [0, 0.05) is 11.6 Å². The Morgan fingerprint density at radius 3 is 2.53 bits per heavy atom. The van der Waals surface area contributed by atoms with Crippen LogP contribution in [-0.4, -0.2) is 18.0 Å². The van der Waals surface area contributed by atoms with Crippen molar-refractivity contribution in [2.24, 2.45) is 0 Å². The second kappa shape index (κ2) is 7.71. The quantitative estimate of drug-likeness (QED) is 0.253. The highest BCUT2D eigenvalue weighted by Gasteiger charge is 2.23. The summed E-state index contributed by atoms with van der Waals surface area (Å²) in [5, 5.41) is 11.0. The highest BCUT2D eigenvalue weighted by molar-refractivity contribution is 6.04. The van der Waals surface area contributed by atoms with Crippen LogP contribution in [0.2, 0.25) is 0 Å². The number of nitro groups is 1. The molecule has 7 nitrogen and oxygen atoms in total. The first-order valence-electron chi connectivity index (χ1n) is 9.10. The van der Waals surface area contributed by atoms with Crippen LogP contribution in [0.15, 0.2) is 70.7 Å². The molecule has 1 aliphatic heterocycles. The zero-order valence-electron chi connectivity index (χ0n) is 16.2. The van der Waals surface area contributed by atoms with E-state index in [1.165, 1.54) is 19.2 Å². The molecule has 0 radical (unpaired) electrons. The van der Waals surface area contributed by atoms with Gasteiger partial charge in [-0.25, -0.2) is 4.79 Å². The van der Waals surface area contributed by atoms with Crippen LogP contribution in [0, 0.1) is 17.0 Å². The predicted octanol–water partition coefficient (Wildman–Crippen LogP) is 5.15. The van der Waals surface area contributed by atoms with Crippen molar-refractivity contribution >= 4 is 23.5 Å². The molecular weight excluding hydrogens is 386 g/mol. The van der Waals surface area contributed by atoms with Crippen molar-refractivity contribution in [3.63, 3.8) is 0 Å². The molecular formula is C23H17NO6. The molecule has 7 heteroatoms. The summed E-state index contributed by atoms with van der Waals surface area (Å²) in [4.78, 5) is 22.7. The molecule has 0 spiro atoms. The van der Waals surface area contributed by atoms with Gasteiger partial charge in [0.2, 0.25) is 0 Å². The second-order valence-corrected chi connectivity index (χ2v) is 6.71. The molecule has 0 saturated carbocycles. The highest BCUT2D eigenvalue weighted by Crippen LogP contribution is 2.35. The molecule has 0 atom stereocenters. The maximum absolute atomic E-state index is 12.2. The first-order chi connectivity index (χ1) is 14.4. The van der Waals surface area contributed by atoms with Crippen molar-refractivity contribution in [1.29, 1.82) is 0 Å². The van der Waals surface area contributed by atoms with E-state index in [0.29, 0.717) is 34.2 Å². The van der Waals surface area contributed by atoms with Gasteiger partial charge in [0.05, 0.1) is 29.2 Å². The van der Waals surface area contributed by atoms with Gasteiger partial charge in [0.15, 0.2) is 0 Å². The molecule has 1 aliphatic rings. The molecule has 0 aliphatic carbocycles. The maximum Gasteiger partial charge on any atom is 0.343 e. The number of esters is 1. The molecule has 0 saturated heterocycles. The first-order valence-corrected chi connectivity index (χ1v) is 9.10. The van der Waals surface area contributed by atoms with Gasteiger partial charge in [0.25, 0.3) is 5.69 Å². The van der Waals surface area contributed by atoms with Gasteiger partial charge in [-0.2, -0.15) is 0 Å². The van der Waals surface area contributed by atoms with Gasteiger partial charge in [-0.3, -0.25) is 10.1 Å². The fourth-order valence-corrected chi connectivity index (χ4v) is 3.07. The highest BCUT2D eigenvalue weighted by atomic mass is 16.6. The summed E-state index contributed by atoms with van der Waals surface area (Å²) in [5.74, 6) is 1.24. The van der Waals surface area contributed by atoms with Crippen LogP contribution in [0.25, 0.3) is 23.2 Å². The minimum atomic E-state index is -0.492. The largest absolute Gasteiger partial charge is 0.496 e. The van der Waals surface area contributed by atoms with Crippen LogP contribution >= 0.6 is 0 Å². The number of cyclic esters (lactones) is 1. The fourth-order valence-electron chi connectivity index (χ4n) is 3.07. The van der Waals surface area contributed by atoms with Crippen molar-refractivity contribution < 1.29 is 23.6 Å². The fraction of sp³-hybridized carbons (Fsp3) is 0.0870. The molecule has 0 N–H and O–H groups in total. The lowest BCUT2D eigenvalue weighted by Crippen LogP contribution is -1.96. The predicted molar refractivity (Wildman–Crippen MR) is 111 cm³/mol. The van der Waals surface area contributed by atoms with Gasteiger partial charge in [0.1, 0.15) is 23.0 Å². The third kappa shape index (κ3) is 3.73. The van der Waals surface area contributed by atoms with E-state index in [1.54, 1.807) is 30.4 Å². The molecule has 2 heterocycles. The van der Waals surface area contributed by atoms with Crippen molar-refractivity contribution in [1.82, 2.24) is 0 Å². The Bertz CT molecular complexity index is 1200. The Kier molecular flexibility index (Phi) is 4.93. The maximum atomic E-state index is 12.2. The summed E-state index contributed by atoms with van der Waals surface area (Å²) < 4.78 is 16.4. The van der Waals surface area contributed by atoms with E-state index in [2.05, 4.69) is 0 Å². The van der Waals surface area contributed by atoms with Gasteiger partial charge in [-0.1, -0.05) is 29.8 Å². The number of nitrogens with zero attached hydrogens (tertiary/aromatic N) is 1. The van der Waals surface area contributed by atoms with Crippen LogP contribution in [0.3, 0.4) is 0 Å². The Morgan fingerprint density at radius 1 is 1.07 bits per heavy atom. The molecule has 0 bridgehead atoms. The Morgan fingerprint density at radius 2 is 1.83 bits per heavy atom. The molecule has 2 aromatic carbocycles. The van der Waals surface area contributed by atoms with Crippen molar-refractivity contribution in [2.45, 2.75) is 6.92 Å². The summed E-state index contributed by atoms with van der Waals surface area (Å²) in [6.07, 6.45) is 3.26. The van der Waals surface area contributed by atoms with Crippen LogP contribution in [0.1, 0.15) is 16.9 Å². The Labute approximate surface area is 172 Å². The SMILES string of the molecule is COc1cc([N+](=O)[O-])ccc1-c1ccc(/C=C2\C=C(c3ccc(C)cc3)OC2=O)o1. The first kappa shape index (κ1) is 19.2. The minimum absolute atomic E-state index is 0.0769. The molecule has 4 rings (SSSR count). The zero-order valence-corrected chi connectivity index (χ0v) is 16.2. The summed E-state index contributed by atoms with van der Waals surface area (Å²) in [5.41, 5.74) is 2.78. The lowest BCUT2D eigenvalue weighted by Gasteiger charge is -2.05. The van der Waals surface area contributed by atoms with Crippen LogP contribution in [0.4, 0.5) is 5.69 Å². The number of rotatable bonds is 5. The third-order valence-electron chi connectivity index (χ3n) is 4.65. The van der Waals surface area contributed by atoms with E-state index in [-0.39, 0.29) is 5.69 Å². The van der Waals surface area contributed by atoms with Gasteiger partial charge < -0.3 is 13.9 Å². The number of ether oxygens (including phenoxy) is 2. The zero-order chi connectivity index (χ0) is 21.3. The number of hydrogen-bond donors (Lipinski definition) is 0. The van der Waals surface area contributed by atoms with Gasteiger partial charge >= 0.3 is 5.97 Å². The van der Waals surface area contributed by atoms with Gasteiger partial charge in [-0.05, 0) is 37.3 Å². The summed E-state index contributed by atoms with van der Waals surface area (Å²) >= 11 is 0. The summed E-state index contributed by atoms with van der Waals surface area (Å²) in [6.45, 7) is 1.98. The van der Waals surface area contributed by atoms with Crippen LogP contribution in [0.5, 0.6) is 5.75 Å². The van der Waals surface area contributed by atoms with E-state index in [4.69, 9.17) is 13.9 Å². The number of non-ortho nitro benzene ring substituents is 1. The minimum Gasteiger partial charge on any atom is -0.496 e. The molecule has 30 heavy (non-hydrogen) atoms. The monoisotopic (exact) mass is 403 g/mol. The number of benzene rings is 2. The molecule has 3 aromatic rings. The van der Waals surface area contributed by atoms with Crippen molar-refractivity contribution in [2.75, 3.05) is 7.11 Å².